The highest BCUT2D eigenvalue weighted by atomic mass is 16.3. The van der Waals surface area contributed by atoms with Gasteiger partial charge in [-0.15, -0.1) is 0 Å². The van der Waals surface area contributed by atoms with Gasteiger partial charge in [0.1, 0.15) is 0 Å². The first-order valence-corrected chi connectivity index (χ1v) is 8.77. The van der Waals surface area contributed by atoms with Crippen molar-refractivity contribution in [2.75, 3.05) is 13.1 Å². The van der Waals surface area contributed by atoms with E-state index in [-0.39, 0.29) is 13.2 Å². The van der Waals surface area contributed by atoms with Crippen LogP contribution in [0.3, 0.4) is 0 Å². The summed E-state index contributed by atoms with van der Waals surface area (Å²) in [6.45, 7) is 12.9. The lowest BCUT2D eigenvalue weighted by Gasteiger charge is -2.38. The van der Waals surface area contributed by atoms with E-state index in [0.717, 1.165) is 43.5 Å². The Balaban J connectivity index is 2.25. The Hall–Kier alpha value is -1.16. The maximum absolute atomic E-state index is 9.58. The van der Waals surface area contributed by atoms with Gasteiger partial charge in [-0.1, -0.05) is 45.1 Å². The molecule has 1 aliphatic rings. The average Bonchev–Trinajstić information content (AvgIpc) is 2.52. The summed E-state index contributed by atoms with van der Waals surface area (Å²) in [7, 11) is 0. The molecule has 0 spiro atoms. The lowest BCUT2D eigenvalue weighted by atomic mass is 9.87. The summed E-state index contributed by atoms with van der Waals surface area (Å²) in [5, 5.41) is 19.1. The standard InChI is InChI=1S/C20H31NO2/c1-5-20-19-10-18(13-23)17(12-22)9-16(19)6-7-21(20)11-15(4)8-14(2)3/h9-10,14,20,22-23H,4-8,11-13H2,1-3H3. The number of fused-ring (bicyclic) bond motifs is 1. The van der Waals surface area contributed by atoms with Crippen molar-refractivity contribution in [1.29, 1.82) is 0 Å². The maximum atomic E-state index is 9.58. The fraction of sp³-hybridized carbons (Fsp3) is 0.600. The number of rotatable bonds is 7. The molecule has 0 saturated carbocycles. The van der Waals surface area contributed by atoms with E-state index < -0.39 is 0 Å². The van der Waals surface area contributed by atoms with E-state index >= 15 is 0 Å². The molecule has 23 heavy (non-hydrogen) atoms. The fourth-order valence-corrected chi connectivity index (χ4v) is 3.79. The van der Waals surface area contributed by atoms with Crippen molar-refractivity contribution in [1.82, 2.24) is 4.90 Å². The number of benzene rings is 1. The lowest BCUT2D eigenvalue weighted by Crippen LogP contribution is -2.36. The van der Waals surface area contributed by atoms with Gasteiger partial charge in [-0.2, -0.15) is 0 Å². The second-order valence-corrected chi connectivity index (χ2v) is 7.13. The Bertz CT molecular complexity index is 551. The number of nitrogens with zero attached hydrogens (tertiary/aromatic N) is 1. The van der Waals surface area contributed by atoms with Crippen LogP contribution in [-0.2, 0) is 19.6 Å². The average molecular weight is 317 g/mol. The van der Waals surface area contributed by atoms with Crippen molar-refractivity contribution in [3.63, 3.8) is 0 Å². The summed E-state index contributed by atoms with van der Waals surface area (Å²) < 4.78 is 0. The van der Waals surface area contributed by atoms with Crippen molar-refractivity contribution in [3.8, 4) is 0 Å². The van der Waals surface area contributed by atoms with Crippen molar-refractivity contribution < 1.29 is 10.2 Å². The van der Waals surface area contributed by atoms with Crippen LogP contribution in [0.2, 0.25) is 0 Å². The third kappa shape index (κ3) is 4.23. The summed E-state index contributed by atoms with van der Waals surface area (Å²) in [5.74, 6) is 0.646. The van der Waals surface area contributed by atoms with Crippen molar-refractivity contribution in [2.45, 2.75) is 59.3 Å². The van der Waals surface area contributed by atoms with Gasteiger partial charge in [0.15, 0.2) is 0 Å². The molecule has 0 radical (unpaired) electrons. The van der Waals surface area contributed by atoms with E-state index in [1.54, 1.807) is 0 Å². The number of aliphatic hydroxyl groups is 2. The second kappa shape index (κ2) is 8.09. The summed E-state index contributed by atoms with van der Waals surface area (Å²) in [5.41, 5.74) is 5.66. The van der Waals surface area contributed by atoms with E-state index in [1.165, 1.54) is 16.7 Å². The van der Waals surface area contributed by atoms with Crippen LogP contribution in [0.4, 0.5) is 0 Å². The summed E-state index contributed by atoms with van der Waals surface area (Å²) in [6, 6.07) is 4.57. The lowest BCUT2D eigenvalue weighted by molar-refractivity contribution is 0.192. The predicted molar refractivity (Wildman–Crippen MR) is 95.2 cm³/mol. The molecule has 128 valence electrons. The minimum atomic E-state index is -0.0142. The minimum absolute atomic E-state index is 0.00509. The molecule has 1 aromatic rings. The molecule has 0 fully saturated rings. The molecule has 1 unspecified atom stereocenters. The largest absolute Gasteiger partial charge is 0.392 e. The van der Waals surface area contributed by atoms with Crippen LogP contribution in [0.5, 0.6) is 0 Å². The summed E-state index contributed by atoms with van der Waals surface area (Å²) in [6.07, 6.45) is 3.12. The molecule has 0 bridgehead atoms. The molecule has 3 nitrogen and oxygen atoms in total. The molecule has 1 aromatic carbocycles. The van der Waals surface area contributed by atoms with Crippen LogP contribution in [0.1, 0.15) is 61.9 Å². The Morgan fingerprint density at radius 1 is 1.26 bits per heavy atom. The van der Waals surface area contributed by atoms with E-state index in [4.69, 9.17) is 0 Å². The SMILES string of the molecule is C=C(CC(C)C)CN1CCc2cc(CO)c(CO)cc2C1CC. The molecule has 1 heterocycles. The van der Waals surface area contributed by atoms with Crippen LogP contribution in [0, 0.1) is 5.92 Å². The molecule has 0 saturated heterocycles. The van der Waals surface area contributed by atoms with Gasteiger partial charge in [0, 0.05) is 19.1 Å². The van der Waals surface area contributed by atoms with Crippen LogP contribution in [0.15, 0.2) is 24.3 Å². The topological polar surface area (TPSA) is 43.7 Å². The minimum Gasteiger partial charge on any atom is -0.392 e. The Morgan fingerprint density at radius 3 is 2.48 bits per heavy atom. The van der Waals surface area contributed by atoms with E-state index in [2.05, 4.69) is 44.4 Å². The summed E-state index contributed by atoms with van der Waals surface area (Å²) >= 11 is 0. The third-order valence-electron chi connectivity index (χ3n) is 4.78. The van der Waals surface area contributed by atoms with Gasteiger partial charge in [-0.3, -0.25) is 4.90 Å². The van der Waals surface area contributed by atoms with Gasteiger partial charge in [0.05, 0.1) is 13.2 Å². The van der Waals surface area contributed by atoms with Gasteiger partial charge in [-0.05, 0) is 47.4 Å². The highest BCUT2D eigenvalue weighted by Gasteiger charge is 2.27. The smallest absolute Gasteiger partial charge is 0.0685 e. The van der Waals surface area contributed by atoms with E-state index in [1.807, 2.05) is 0 Å². The van der Waals surface area contributed by atoms with Crippen molar-refractivity contribution >= 4 is 0 Å². The van der Waals surface area contributed by atoms with Crippen LogP contribution in [0.25, 0.3) is 0 Å². The Kier molecular flexibility index (Phi) is 6.40. The molecule has 0 amide bonds. The van der Waals surface area contributed by atoms with Crippen molar-refractivity contribution in [3.05, 3.63) is 46.5 Å². The summed E-state index contributed by atoms with van der Waals surface area (Å²) in [4.78, 5) is 2.52. The molecular weight excluding hydrogens is 286 g/mol. The predicted octanol–water partition coefficient (Wildman–Crippen LogP) is 3.58. The van der Waals surface area contributed by atoms with Gasteiger partial charge in [0.2, 0.25) is 0 Å². The Labute approximate surface area is 140 Å². The number of aliphatic hydroxyl groups excluding tert-OH is 2. The monoisotopic (exact) mass is 317 g/mol. The molecule has 1 atom stereocenters. The van der Waals surface area contributed by atoms with Crippen LogP contribution >= 0.6 is 0 Å². The van der Waals surface area contributed by atoms with E-state index in [0.29, 0.717) is 12.0 Å². The molecule has 3 heteroatoms. The first-order chi connectivity index (χ1) is 11.0. The number of hydrogen-bond acceptors (Lipinski definition) is 3. The van der Waals surface area contributed by atoms with Gasteiger partial charge < -0.3 is 10.2 Å². The van der Waals surface area contributed by atoms with Gasteiger partial charge in [0.25, 0.3) is 0 Å². The van der Waals surface area contributed by atoms with Crippen LogP contribution < -0.4 is 0 Å². The Morgan fingerprint density at radius 2 is 1.91 bits per heavy atom. The first kappa shape index (κ1) is 18.2. The fourth-order valence-electron chi connectivity index (χ4n) is 3.79. The van der Waals surface area contributed by atoms with E-state index in [9.17, 15) is 10.2 Å². The third-order valence-corrected chi connectivity index (χ3v) is 4.78. The highest BCUT2D eigenvalue weighted by Crippen LogP contribution is 2.35. The normalized spacial score (nSPS) is 18.3. The molecular formula is C20H31NO2. The molecule has 1 aliphatic heterocycles. The maximum Gasteiger partial charge on any atom is 0.0685 e. The van der Waals surface area contributed by atoms with Gasteiger partial charge >= 0.3 is 0 Å². The zero-order valence-corrected chi connectivity index (χ0v) is 14.8. The molecule has 2 rings (SSSR count). The molecule has 0 aliphatic carbocycles. The van der Waals surface area contributed by atoms with Crippen LogP contribution in [-0.4, -0.2) is 28.2 Å². The molecule has 0 aromatic heterocycles. The highest BCUT2D eigenvalue weighted by molar-refractivity contribution is 5.41. The zero-order chi connectivity index (χ0) is 17.0. The zero-order valence-electron chi connectivity index (χ0n) is 14.8. The first-order valence-electron chi connectivity index (χ1n) is 8.77. The number of hydrogen-bond donors (Lipinski definition) is 2. The van der Waals surface area contributed by atoms with Gasteiger partial charge in [-0.25, -0.2) is 0 Å². The molecule has 2 N–H and O–H groups in total. The van der Waals surface area contributed by atoms with Crippen molar-refractivity contribution in [2.24, 2.45) is 5.92 Å². The second-order valence-electron chi connectivity index (χ2n) is 7.13. The quantitative estimate of drug-likeness (QED) is 0.755.